The van der Waals surface area contributed by atoms with E-state index in [1.807, 2.05) is 37.3 Å². The lowest BCUT2D eigenvalue weighted by Gasteiger charge is -2.07. The van der Waals surface area contributed by atoms with Crippen LogP contribution in [-0.2, 0) is 11.2 Å². The fraction of sp³-hybridized carbons (Fsp3) is 0.200. The van der Waals surface area contributed by atoms with Gasteiger partial charge in [0.1, 0.15) is 17.1 Å². The molecule has 2 rings (SSSR count). The van der Waals surface area contributed by atoms with Gasteiger partial charge in [-0.3, -0.25) is 4.79 Å². The summed E-state index contributed by atoms with van der Waals surface area (Å²) in [6, 6.07) is 10.6. The molecule has 0 saturated heterocycles. The molecule has 0 radical (unpaired) electrons. The Morgan fingerprint density at radius 1 is 1.26 bits per heavy atom. The SMILES string of the molecule is CCc1oc(-c2ccccc2)cc(=O)c1C(=O)OC. The third kappa shape index (κ3) is 2.57. The van der Waals surface area contributed by atoms with Gasteiger partial charge in [-0.1, -0.05) is 37.3 Å². The minimum Gasteiger partial charge on any atom is -0.465 e. The van der Waals surface area contributed by atoms with Crippen molar-refractivity contribution in [3.05, 3.63) is 57.9 Å². The van der Waals surface area contributed by atoms with Crippen LogP contribution in [0.5, 0.6) is 0 Å². The van der Waals surface area contributed by atoms with Crippen LogP contribution in [0.3, 0.4) is 0 Å². The number of hydrogen-bond acceptors (Lipinski definition) is 4. The molecule has 0 amide bonds. The molecule has 0 aliphatic heterocycles. The van der Waals surface area contributed by atoms with E-state index in [2.05, 4.69) is 4.74 Å². The summed E-state index contributed by atoms with van der Waals surface area (Å²) in [6.07, 6.45) is 0.445. The van der Waals surface area contributed by atoms with E-state index in [4.69, 9.17) is 4.42 Å². The van der Waals surface area contributed by atoms with Crippen LogP contribution in [0.25, 0.3) is 11.3 Å². The number of carbonyl (C=O) groups excluding carboxylic acids is 1. The molecule has 0 aliphatic carbocycles. The first-order chi connectivity index (χ1) is 9.17. The first-order valence-electron chi connectivity index (χ1n) is 5.98. The van der Waals surface area contributed by atoms with E-state index in [1.54, 1.807) is 0 Å². The van der Waals surface area contributed by atoms with Crippen molar-refractivity contribution < 1.29 is 13.9 Å². The van der Waals surface area contributed by atoms with Gasteiger partial charge in [-0.15, -0.1) is 0 Å². The molecule has 1 aromatic carbocycles. The molecule has 0 atom stereocenters. The molecule has 0 spiro atoms. The van der Waals surface area contributed by atoms with Crippen molar-refractivity contribution in [3.63, 3.8) is 0 Å². The summed E-state index contributed by atoms with van der Waals surface area (Å²) < 4.78 is 10.3. The number of esters is 1. The Labute approximate surface area is 110 Å². The Hall–Kier alpha value is -2.36. The van der Waals surface area contributed by atoms with E-state index in [0.717, 1.165) is 5.56 Å². The number of aryl methyl sites for hydroxylation is 1. The molecule has 4 nitrogen and oxygen atoms in total. The van der Waals surface area contributed by atoms with E-state index in [0.29, 0.717) is 17.9 Å². The zero-order valence-corrected chi connectivity index (χ0v) is 10.8. The molecular weight excluding hydrogens is 244 g/mol. The van der Waals surface area contributed by atoms with Crippen LogP contribution in [0.1, 0.15) is 23.0 Å². The summed E-state index contributed by atoms with van der Waals surface area (Å²) in [7, 11) is 1.24. The molecule has 1 heterocycles. The highest BCUT2D eigenvalue weighted by Gasteiger charge is 2.19. The summed E-state index contributed by atoms with van der Waals surface area (Å²) >= 11 is 0. The van der Waals surface area contributed by atoms with E-state index in [-0.39, 0.29) is 11.0 Å². The number of ether oxygens (including phenoxy) is 1. The molecule has 0 N–H and O–H groups in total. The molecule has 0 aliphatic rings. The molecule has 2 aromatic rings. The first-order valence-corrected chi connectivity index (χ1v) is 5.98. The molecule has 19 heavy (non-hydrogen) atoms. The van der Waals surface area contributed by atoms with E-state index in [1.165, 1.54) is 13.2 Å². The standard InChI is InChI=1S/C15H14O4/c1-3-12-14(15(17)18-2)11(16)9-13(19-12)10-7-5-4-6-8-10/h4-9H,3H2,1-2H3. The lowest BCUT2D eigenvalue weighted by molar-refractivity contribution is 0.0594. The van der Waals surface area contributed by atoms with Crippen LogP contribution < -0.4 is 5.43 Å². The van der Waals surface area contributed by atoms with E-state index in [9.17, 15) is 9.59 Å². The third-order valence-electron chi connectivity index (χ3n) is 2.79. The Bertz CT molecular complexity index is 641. The fourth-order valence-electron chi connectivity index (χ4n) is 1.85. The van der Waals surface area contributed by atoms with Gasteiger partial charge in [0.2, 0.25) is 0 Å². The monoisotopic (exact) mass is 258 g/mol. The van der Waals surface area contributed by atoms with Crippen molar-refractivity contribution >= 4 is 5.97 Å². The van der Waals surface area contributed by atoms with Crippen LogP contribution >= 0.6 is 0 Å². The van der Waals surface area contributed by atoms with Crippen LogP contribution in [0.2, 0.25) is 0 Å². The summed E-state index contributed by atoms with van der Waals surface area (Å²) in [4.78, 5) is 23.6. The van der Waals surface area contributed by atoms with Crippen molar-refractivity contribution in [2.75, 3.05) is 7.11 Å². The number of benzene rings is 1. The summed E-state index contributed by atoms with van der Waals surface area (Å²) in [5, 5.41) is 0. The van der Waals surface area contributed by atoms with Gasteiger partial charge in [-0.25, -0.2) is 4.79 Å². The second kappa shape index (κ2) is 5.52. The maximum Gasteiger partial charge on any atom is 0.345 e. The molecule has 0 fully saturated rings. The topological polar surface area (TPSA) is 56.5 Å². The zero-order chi connectivity index (χ0) is 13.8. The zero-order valence-electron chi connectivity index (χ0n) is 10.8. The predicted molar refractivity (Wildman–Crippen MR) is 71.1 cm³/mol. The van der Waals surface area contributed by atoms with E-state index < -0.39 is 5.97 Å². The molecule has 4 heteroatoms. The van der Waals surface area contributed by atoms with Gasteiger partial charge < -0.3 is 9.15 Å². The number of hydrogen-bond donors (Lipinski definition) is 0. The second-order valence-electron chi connectivity index (χ2n) is 3.98. The highest BCUT2D eigenvalue weighted by Crippen LogP contribution is 2.20. The predicted octanol–water partition coefficient (Wildman–Crippen LogP) is 2.66. The van der Waals surface area contributed by atoms with Crippen LogP contribution in [0.4, 0.5) is 0 Å². The fourth-order valence-corrected chi connectivity index (χ4v) is 1.85. The summed E-state index contributed by atoms with van der Waals surface area (Å²) in [5.74, 6) is 0.138. The average molecular weight is 258 g/mol. The van der Waals surface area contributed by atoms with Crippen molar-refractivity contribution in [1.82, 2.24) is 0 Å². The van der Waals surface area contributed by atoms with Crippen molar-refractivity contribution in [2.24, 2.45) is 0 Å². The van der Waals surface area contributed by atoms with Crippen molar-refractivity contribution in [2.45, 2.75) is 13.3 Å². The maximum absolute atomic E-state index is 12.0. The summed E-state index contributed by atoms with van der Waals surface area (Å²) in [6.45, 7) is 1.82. The van der Waals surface area contributed by atoms with Crippen molar-refractivity contribution in [1.29, 1.82) is 0 Å². The van der Waals surface area contributed by atoms with Crippen LogP contribution in [-0.4, -0.2) is 13.1 Å². The quantitative estimate of drug-likeness (QED) is 0.794. The third-order valence-corrected chi connectivity index (χ3v) is 2.79. The highest BCUT2D eigenvalue weighted by atomic mass is 16.5. The molecule has 0 unspecified atom stereocenters. The number of methoxy groups -OCH3 is 1. The number of rotatable bonds is 3. The Morgan fingerprint density at radius 2 is 1.95 bits per heavy atom. The van der Waals surface area contributed by atoms with Crippen LogP contribution in [0.15, 0.2) is 45.6 Å². The van der Waals surface area contributed by atoms with Gasteiger partial charge in [0, 0.05) is 18.1 Å². The molecule has 0 bridgehead atoms. The van der Waals surface area contributed by atoms with E-state index >= 15 is 0 Å². The molecule has 0 saturated carbocycles. The Morgan fingerprint density at radius 3 is 2.53 bits per heavy atom. The molecule has 98 valence electrons. The van der Waals surface area contributed by atoms with Gasteiger partial charge in [0.25, 0.3) is 0 Å². The Balaban J connectivity index is 2.61. The molecular formula is C15H14O4. The minimum absolute atomic E-state index is 0.0234. The smallest absolute Gasteiger partial charge is 0.345 e. The number of carbonyl (C=O) groups is 1. The van der Waals surface area contributed by atoms with Gasteiger partial charge in [-0.05, 0) is 0 Å². The van der Waals surface area contributed by atoms with Gasteiger partial charge in [0.05, 0.1) is 7.11 Å². The normalized spacial score (nSPS) is 10.2. The van der Waals surface area contributed by atoms with Gasteiger partial charge in [-0.2, -0.15) is 0 Å². The van der Waals surface area contributed by atoms with Gasteiger partial charge >= 0.3 is 5.97 Å². The highest BCUT2D eigenvalue weighted by molar-refractivity contribution is 5.90. The van der Waals surface area contributed by atoms with Gasteiger partial charge in [0.15, 0.2) is 5.43 Å². The first kappa shape index (κ1) is 13.1. The van der Waals surface area contributed by atoms with Crippen molar-refractivity contribution in [3.8, 4) is 11.3 Å². The average Bonchev–Trinajstić information content (AvgIpc) is 2.46. The maximum atomic E-state index is 12.0. The minimum atomic E-state index is -0.662. The Kier molecular flexibility index (Phi) is 3.80. The molecule has 1 aromatic heterocycles. The second-order valence-corrected chi connectivity index (χ2v) is 3.98. The lowest BCUT2D eigenvalue weighted by Crippen LogP contribution is -2.18. The largest absolute Gasteiger partial charge is 0.465 e. The summed E-state index contributed by atoms with van der Waals surface area (Å²) in [5.41, 5.74) is 0.393. The van der Waals surface area contributed by atoms with Crippen LogP contribution in [0, 0.1) is 0 Å². The lowest BCUT2D eigenvalue weighted by atomic mass is 10.1.